The van der Waals surface area contributed by atoms with Crippen molar-refractivity contribution in [3.8, 4) is 11.3 Å². The van der Waals surface area contributed by atoms with Crippen LogP contribution in [-0.4, -0.2) is 50.6 Å². The molecule has 2 aliphatic carbocycles. The Balaban J connectivity index is 0.000000391. The zero-order valence-corrected chi connectivity index (χ0v) is 24.8. The predicted octanol–water partition coefficient (Wildman–Crippen LogP) is 7.22. The van der Waals surface area contributed by atoms with Gasteiger partial charge in [0.05, 0.1) is 6.20 Å². The summed E-state index contributed by atoms with van der Waals surface area (Å²) >= 11 is 0. The fraction of sp³-hybridized carbons (Fsp3) is 0.455. The van der Waals surface area contributed by atoms with Crippen molar-refractivity contribution in [2.75, 3.05) is 19.4 Å². The number of fused-ring (bicyclic) bond motifs is 1. The number of hydrogen-bond acceptors (Lipinski definition) is 6. The zero-order valence-electron chi connectivity index (χ0n) is 24.8. The summed E-state index contributed by atoms with van der Waals surface area (Å²) in [6, 6.07) is 16.3. The lowest BCUT2D eigenvalue weighted by Crippen LogP contribution is -2.36. The summed E-state index contributed by atoms with van der Waals surface area (Å²) in [4.78, 5) is 29.3. The van der Waals surface area contributed by atoms with Crippen LogP contribution in [0.25, 0.3) is 22.4 Å². The maximum atomic E-state index is 14.1. The van der Waals surface area contributed by atoms with E-state index in [1.807, 2.05) is 13.8 Å². The van der Waals surface area contributed by atoms with Gasteiger partial charge in [0.15, 0.2) is 5.65 Å². The van der Waals surface area contributed by atoms with Crippen molar-refractivity contribution in [3.05, 3.63) is 82.0 Å². The van der Waals surface area contributed by atoms with E-state index in [0.29, 0.717) is 40.3 Å². The molecule has 2 aromatic heterocycles. The number of anilines is 1. The predicted molar refractivity (Wildman–Crippen MR) is 168 cm³/mol. The smallest absolute Gasteiger partial charge is 0.278 e. The fourth-order valence-corrected chi connectivity index (χ4v) is 5.54. The van der Waals surface area contributed by atoms with Crippen molar-refractivity contribution >= 4 is 17.1 Å². The third-order valence-corrected chi connectivity index (χ3v) is 8.20. The molecule has 6 rings (SSSR count). The standard InChI is InChI=1S/C24H31FN6O.C9H10.2H2/c1-14(2)31-22-20(28-21(23(31)32)16-7-6-15(3)19(25)12-16)13-26-24(29-22)27-17-8-10-18(11-9-17)30(4)5;1-2-4-8(5-3-1)9-6-7-9;;/h6-7,12-14,17-18H,8-11H2,1-5H3,(H,26,27,29);1-5,9H,6-7H2;2*1H. The van der Waals surface area contributed by atoms with Gasteiger partial charge in [-0.1, -0.05) is 42.5 Å². The monoisotopic (exact) mass is 560 g/mol. The van der Waals surface area contributed by atoms with Crippen LogP contribution < -0.4 is 10.9 Å². The first-order valence-electron chi connectivity index (χ1n) is 14.7. The summed E-state index contributed by atoms with van der Waals surface area (Å²) in [5.41, 5.74) is 3.42. The molecule has 1 N–H and O–H groups in total. The van der Waals surface area contributed by atoms with Gasteiger partial charge in [-0.05, 0) is 96.5 Å². The number of aromatic nitrogens is 4. The molecule has 2 aliphatic rings. The summed E-state index contributed by atoms with van der Waals surface area (Å²) in [6.45, 7) is 5.55. The Labute approximate surface area is 244 Å². The third-order valence-electron chi connectivity index (χ3n) is 8.20. The first-order chi connectivity index (χ1) is 19.7. The van der Waals surface area contributed by atoms with Crippen LogP contribution in [0.3, 0.4) is 0 Å². The van der Waals surface area contributed by atoms with Crippen molar-refractivity contribution in [1.29, 1.82) is 0 Å². The second-order valence-electron chi connectivity index (χ2n) is 11.9. The van der Waals surface area contributed by atoms with Gasteiger partial charge in [0.1, 0.15) is 17.0 Å². The summed E-state index contributed by atoms with van der Waals surface area (Å²) < 4.78 is 15.8. The van der Waals surface area contributed by atoms with Gasteiger partial charge >= 0.3 is 0 Å². The molecule has 0 atom stereocenters. The first kappa shape index (κ1) is 28.9. The van der Waals surface area contributed by atoms with Crippen LogP contribution in [0, 0.1) is 12.7 Å². The van der Waals surface area contributed by atoms with Gasteiger partial charge < -0.3 is 10.2 Å². The molecule has 7 nitrogen and oxygen atoms in total. The van der Waals surface area contributed by atoms with Crippen LogP contribution in [0.1, 0.15) is 78.3 Å². The highest BCUT2D eigenvalue weighted by molar-refractivity contribution is 5.75. The molecule has 0 radical (unpaired) electrons. The van der Waals surface area contributed by atoms with Crippen molar-refractivity contribution in [2.24, 2.45) is 0 Å². The molecule has 0 saturated heterocycles. The molecule has 0 bridgehead atoms. The normalized spacial score (nSPS) is 18.8. The third kappa shape index (κ3) is 6.81. The van der Waals surface area contributed by atoms with Gasteiger partial charge in [-0.3, -0.25) is 9.36 Å². The highest BCUT2D eigenvalue weighted by atomic mass is 19.1. The maximum Gasteiger partial charge on any atom is 0.278 e. The largest absolute Gasteiger partial charge is 0.351 e. The summed E-state index contributed by atoms with van der Waals surface area (Å²) in [7, 11) is 4.25. The van der Waals surface area contributed by atoms with E-state index in [0.717, 1.165) is 31.6 Å². The number of halogens is 1. The molecule has 2 fully saturated rings. The molecule has 8 heteroatoms. The number of nitrogens with one attached hydrogen (secondary N) is 1. The molecule has 220 valence electrons. The van der Waals surface area contributed by atoms with Gasteiger partial charge in [-0.15, -0.1) is 0 Å². The van der Waals surface area contributed by atoms with Gasteiger partial charge in [-0.25, -0.2) is 14.4 Å². The van der Waals surface area contributed by atoms with E-state index in [1.54, 1.807) is 29.8 Å². The van der Waals surface area contributed by atoms with Crippen molar-refractivity contribution in [2.45, 2.75) is 83.3 Å². The van der Waals surface area contributed by atoms with E-state index in [9.17, 15) is 9.18 Å². The average molecular weight is 561 g/mol. The maximum absolute atomic E-state index is 14.1. The van der Waals surface area contributed by atoms with E-state index in [4.69, 9.17) is 0 Å². The molecular weight excluding hydrogens is 515 g/mol. The van der Waals surface area contributed by atoms with E-state index in [2.05, 4.69) is 69.6 Å². The SMILES string of the molecule is Cc1ccc(-c2nc3cnc(NC4CCC(N(C)C)CC4)nc3n(C(C)C)c2=O)cc1F.[HH].[HH].c1ccc(C2CC2)cc1. The van der Waals surface area contributed by atoms with Gasteiger partial charge in [0.25, 0.3) is 5.56 Å². The lowest BCUT2D eigenvalue weighted by molar-refractivity contribution is 0.221. The Morgan fingerprint density at radius 1 is 1.00 bits per heavy atom. The molecule has 0 spiro atoms. The highest BCUT2D eigenvalue weighted by Gasteiger charge is 2.24. The van der Waals surface area contributed by atoms with Crippen molar-refractivity contribution < 1.29 is 7.24 Å². The summed E-state index contributed by atoms with van der Waals surface area (Å²) in [5, 5.41) is 3.44. The highest BCUT2D eigenvalue weighted by Crippen LogP contribution is 2.39. The molecule has 0 aliphatic heterocycles. The topological polar surface area (TPSA) is 75.9 Å². The zero-order chi connectivity index (χ0) is 29.1. The molecule has 2 heterocycles. The van der Waals surface area contributed by atoms with Crippen LogP contribution in [0.5, 0.6) is 0 Å². The minimum atomic E-state index is -0.361. The summed E-state index contributed by atoms with van der Waals surface area (Å²) in [6.07, 6.45) is 8.82. The van der Waals surface area contributed by atoms with Crippen molar-refractivity contribution in [1.82, 2.24) is 24.4 Å². The Morgan fingerprint density at radius 3 is 2.32 bits per heavy atom. The van der Waals surface area contributed by atoms with Crippen molar-refractivity contribution in [3.63, 3.8) is 0 Å². The average Bonchev–Trinajstić information content (AvgIpc) is 3.81. The van der Waals surface area contributed by atoms with Crippen LogP contribution >= 0.6 is 0 Å². The number of hydrogen-bond donors (Lipinski definition) is 1. The number of nitrogens with zero attached hydrogens (tertiary/aromatic N) is 5. The Hall–Kier alpha value is -3.65. The molecule has 4 aromatic rings. The van der Waals surface area contributed by atoms with Crippen LogP contribution in [-0.2, 0) is 0 Å². The minimum absolute atomic E-state index is 0. The van der Waals surface area contributed by atoms with E-state index < -0.39 is 0 Å². The van der Waals surface area contributed by atoms with E-state index in [-0.39, 0.29) is 26.0 Å². The molecule has 41 heavy (non-hydrogen) atoms. The number of aryl methyl sites for hydroxylation is 1. The van der Waals surface area contributed by atoms with Gasteiger partial charge in [-0.2, -0.15) is 4.98 Å². The quantitative estimate of drug-likeness (QED) is 0.268. The second kappa shape index (κ2) is 12.5. The number of benzene rings is 2. The van der Waals surface area contributed by atoms with Gasteiger partial charge in [0, 0.05) is 26.5 Å². The lowest BCUT2D eigenvalue weighted by Gasteiger charge is -2.32. The fourth-order valence-electron chi connectivity index (χ4n) is 5.54. The van der Waals surface area contributed by atoms with Crippen LogP contribution in [0.2, 0.25) is 0 Å². The lowest BCUT2D eigenvalue weighted by atomic mass is 9.91. The Bertz CT molecular complexity index is 1550. The van der Waals surface area contributed by atoms with E-state index in [1.165, 1.54) is 24.5 Å². The second-order valence-corrected chi connectivity index (χ2v) is 11.9. The first-order valence-corrected chi connectivity index (χ1v) is 14.7. The Morgan fingerprint density at radius 2 is 1.71 bits per heavy atom. The molecule has 2 aromatic carbocycles. The minimum Gasteiger partial charge on any atom is -0.351 e. The van der Waals surface area contributed by atoms with Gasteiger partial charge in [0.2, 0.25) is 5.95 Å². The van der Waals surface area contributed by atoms with Crippen LogP contribution in [0.15, 0.2) is 59.5 Å². The molecule has 0 unspecified atom stereocenters. The molecule has 2 saturated carbocycles. The summed E-state index contributed by atoms with van der Waals surface area (Å²) in [5.74, 6) is 1.06. The molecular formula is C33H45FN6O. The Kier molecular flexibility index (Phi) is 8.78. The number of rotatable bonds is 6. The van der Waals surface area contributed by atoms with Crippen LogP contribution in [0.4, 0.5) is 10.3 Å². The van der Waals surface area contributed by atoms with E-state index >= 15 is 0 Å². The molecule has 0 amide bonds.